The molecule has 8 nitrogen and oxygen atoms in total. The summed E-state index contributed by atoms with van der Waals surface area (Å²) in [6.45, 7) is 4.15. The average molecular weight is 575 g/mol. The van der Waals surface area contributed by atoms with Gasteiger partial charge in [0.1, 0.15) is 11.9 Å². The summed E-state index contributed by atoms with van der Waals surface area (Å²) < 4.78 is 22.3. The van der Waals surface area contributed by atoms with Crippen molar-refractivity contribution in [1.82, 2.24) is 10.2 Å². The van der Waals surface area contributed by atoms with E-state index in [0.717, 1.165) is 31.2 Å². The highest BCUT2D eigenvalue weighted by molar-refractivity contribution is 6.27. The molecule has 9 heteroatoms. The third kappa shape index (κ3) is 8.43. The Morgan fingerprint density at radius 2 is 1.52 bits per heavy atom. The van der Waals surface area contributed by atoms with E-state index < -0.39 is 6.04 Å². The van der Waals surface area contributed by atoms with Crippen LogP contribution < -0.4 is 24.3 Å². The molecule has 2 aromatic rings. The molecular weight excluding hydrogens is 532 g/mol. The van der Waals surface area contributed by atoms with Crippen molar-refractivity contribution in [3.63, 3.8) is 0 Å². The Morgan fingerprint density at radius 1 is 0.900 bits per heavy atom. The van der Waals surface area contributed by atoms with Crippen molar-refractivity contribution in [2.45, 2.75) is 77.0 Å². The van der Waals surface area contributed by atoms with Gasteiger partial charge in [-0.3, -0.25) is 9.59 Å². The van der Waals surface area contributed by atoms with Gasteiger partial charge in [-0.2, -0.15) is 0 Å². The van der Waals surface area contributed by atoms with Crippen LogP contribution in [0.15, 0.2) is 36.4 Å². The van der Waals surface area contributed by atoms with Gasteiger partial charge in [-0.05, 0) is 68.5 Å². The van der Waals surface area contributed by atoms with Crippen LogP contribution in [0.4, 0.5) is 0 Å². The van der Waals surface area contributed by atoms with Crippen LogP contribution in [-0.2, 0) is 16.0 Å². The zero-order valence-corrected chi connectivity index (χ0v) is 25.1. The van der Waals surface area contributed by atoms with Gasteiger partial charge >= 0.3 is 0 Å². The average Bonchev–Trinajstić information content (AvgIpc) is 3.23. The summed E-state index contributed by atoms with van der Waals surface area (Å²) in [5, 5.41) is 3.25. The summed E-state index contributed by atoms with van der Waals surface area (Å²) in [4.78, 5) is 28.9. The molecule has 1 fully saturated rings. The van der Waals surface area contributed by atoms with Gasteiger partial charge in [-0.1, -0.05) is 37.8 Å². The number of hydrogen-bond donors (Lipinski definition) is 1. The second kappa shape index (κ2) is 15.6. The van der Waals surface area contributed by atoms with E-state index in [-0.39, 0.29) is 36.4 Å². The summed E-state index contributed by atoms with van der Waals surface area (Å²) in [7, 11) is 4.73. The summed E-state index contributed by atoms with van der Waals surface area (Å²) in [5.74, 6) is 1.49. The number of rotatable bonds is 13. The number of methoxy groups -OCH3 is 3. The molecule has 0 bridgehead atoms. The van der Waals surface area contributed by atoms with E-state index in [9.17, 15) is 9.59 Å². The standard InChI is InChI=1S/C31H43ClN2O6/c1-21(2)40-26-15-13-23(19-28(26)39-5)30(31(36)33-24-10-8-6-7-9-11-24)34(29(35)20-32)17-16-22-12-14-25(37-3)27(18-22)38-4/h12-15,18-19,21,24,30H,6-11,16-17,20H2,1-5H3,(H,33,36)/t30-/m1/s1. The number of carbonyl (C=O) groups is 2. The number of nitrogens with zero attached hydrogens (tertiary/aromatic N) is 1. The van der Waals surface area contributed by atoms with Crippen LogP contribution in [0.2, 0.25) is 0 Å². The molecule has 1 saturated carbocycles. The molecule has 0 aromatic heterocycles. The number of benzene rings is 2. The summed E-state index contributed by atoms with van der Waals surface area (Å²) >= 11 is 6.10. The van der Waals surface area contributed by atoms with Crippen LogP contribution in [0.25, 0.3) is 0 Å². The maximum atomic E-state index is 14.0. The summed E-state index contributed by atoms with van der Waals surface area (Å²) in [5.41, 5.74) is 1.57. The van der Waals surface area contributed by atoms with Crippen molar-refractivity contribution < 1.29 is 28.5 Å². The van der Waals surface area contributed by atoms with Gasteiger partial charge in [-0.25, -0.2) is 0 Å². The lowest BCUT2D eigenvalue weighted by Gasteiger charge is -2.33. The lowest BCUT2D eigenvalue weighted by Crippen LogP contribution is -2.47. The fourth-order valence-corrected chi connectivity index (χ4v) is 5.30. The number of amides is 2. The van der Waals surface area contributed by atoms with Crippen molar-refractivity contribution >= 4 is 23.4 Å². The zero-order chi connectivity index (χ0) is 29.1. The molecule has 1 atom stereocenters. The Balaban J connectivity index is 1.98. The third-order valence-electron chi connectivity index (χ3n) is 7.15. The molecule has 0 spiro atoms. The first-order valence-electron chi connectivity index (χ1n) is 14.0. The molecule has 1 aliphatic rings. The topological polar surface area (TPSA) is 86.3 Å². The highest BCUT2D eigenvalue weighted by Gasteiger charge is 2.33. The smallest absolute Gasteiger partial charge is 0.247 e. The van der Waals surface area contributed by atoms with Gasteiger partial charge < -0.3 is 29.2 Å². The molecule has 40 heavy (non-hydrogen) atoms. The van der Waals surface area contributed by atoms with E-state index in [4.69, 9.17) is 30.5 Å². The molecule has 2 amide bonds. The van der Waals surface area contributed by atoms with Crippen molar-refractivity contribution in [3.05, 3.63) is 47.5 Å². The number of carbonyl (C=O) groups excluding carboxylic acids is 2. The van der Waals surface area contributed by atoms with Gasteiger partial charge in [0.25, 0.3) is 0 Å². The molecule has 2 aromatic carbocycles. The maximum absolute atomic E-state index is 14.0. The summed E-state index contributed by atoms with van der Waals surface area (Å²) in [6.07, 6.45) is 6.80. The zero-order valence-electron chi connectivity index (χ0n) is 24.3. The second-order valence-electron chi connectivity index (χ2n) is 10.3. The molecular formula is C31H43ClN2O6. The fraction of sp³-hybridized carbons (Fsp3) is 0.548. The predicted molar refractivity (Wildman–Crippen MR) is 157 cm³/mol. The van der Waals surface area contributed by atoms with Gasteiger partial charge in [0.2, 0.25) is 11.8 Å². The van der Waals surface area contributed by atoms with Gasteiger partial charge in [0, 0.05) is 12.6 Å². The highest BCUT2D eigenvalue weighted by atomic mass is 35.5. The Kier molecular flexibility index (Phi) is 12.2. The van der Waals surface area contributed by atoms with E-state index >= 15 is 0 Å². The van der Waals surface area contributed by atoms with Gasteiger partial charge in [0.15, 0.2) is 23.0 Å². The minimum atomic E-state index is -0.892. The van der Waals surface area contributed by atoms with Crippen LogP contribution in [0.1, 0.15) is 69.5 Å². The van der Waals surface area contributed by atoms with Crippen molar-refractivity contribution in [2.75, 3.05) is 33.8 Å². The van der Waals surface area contributed by atoms with Crippen LogP contribution in [-0.4, -0.2) is 62.6 Å². The first-order chi connectivity index (χ1) is 19.3. The third-order valence-corrected chi connectivity index (χ3v) is 7.38. The number of halogens is 1. The first kappa shape index (κ1) is 31.4. The number of alkyl halides is 1. The monoisotopic (exact) mass is 574 g/mol. The molecule has 1 aliphatic carbocycles. The molecule has 0 heterocycles. The van der Waals surface area contributed by atoms with E-state index in [1.54, 1.807) is 38.4 Å². The number of nitrogens with one attached hydrogen (secondary N) is 1. The molecule has 0 unspecified atom stereocenters. The Bertz CT molecular complexity index is 1120. The van der Waals surface area contributed by atoms with Crippen molar-refractivity contribution in [1.29, 1.82) is 0 Å². The van der Waals surface area contributed by atoms with Gasteiger partial charge in [-0.15, -0.1) is 11.6 Å². The first-order valence-corrected chi connectivity index (χ1v) is 14.6. The van der Waals surface area contributed by atoms with E-state index in [2.05, 4.69) is 5.32 Å². The van der Waals surface area contributed by atoms with Crippen molar-refractivity contribution in [3.8, 4) is 23.0 Å². The molecule has 1 N–H and O–H groups in total. The lowest BCUT2D eigenvalue weighted by atomic mass is 10.0. The highest BCUT2D eigenvalue weighted by Crippen LogP contribution is 2.34. The molecule has 0 saturated heterocycles. The second-order valence-corrected chi connectivity index (χ2v) is 10.6. The van der Waals surface area contributed by atoms with E-state index in [0.29, 0.717) is 35.0 Å². The summed E-state index contributed by atoms with van der Waals surface area (Å²) in [6, 6.07) is 10.2. The van der Waals surface area contributed by atoms with E-state index in [1.807, 2.05) is 38.1 Å². The minimum Gasteiger partial charge on any atom is -0.493 e. The molecule has 0 aliphatic heterocycles. The molecule has 220 valence electrons. The normalized spacial score (nSPS) is 14.7. The minimum absolute atomic E-state index is 0.0510. The molecule has 3 rings (SSSR count). The Morgan fingerprint density at radius 3 is 2.12 bits per heavy atom. The number of ether oxygens (including phenoxy) is 4. The Hall–Kier alpha value is -3.13. The lowest BCUT2D eigenvalue weighted by molar-refractivity contribution is -0.139. The SMILES string of the molecule is COc1ccc(CCN(C(=O)CCl)[C@@H](C(=O)NC2CCCCCC2)c2ccc(OC(C)C)c(OC)c2)cc1OC. The fourth-order valence-electron chi connectivity index (χ4n) is 5.14. The largest absolute Gasteiger partial charge is 0.493 e. The Labute approximate surface area is 243 Å². The molecule has 0 radical (unpaired) electrons. The van der Waals surface area contributed by atoms with Crippen LogP contribution in [0, 0.1) is 0 Å². The van der Waals surface area contributed by atoms with Crippen LogP contribution in [0.3, 0.4) is 0 Å². The maximum Gasteiger partial charge on any atom is 0.247 e. The quantitative estimate of drug-likeness (QED) is 0.244. The van der Waals surface area contributed by atoms with Gasteiger partial charge in [0.05, 0.1) is 27.4 Å². The van der Waals surface area contributed by atoms with Crippen molar-refractivity contribution in [2.24, 2.45) is 0 Å². The van der Waals surface area contributed by atoms with E-state index in [1.165, 1.54) is 12.8 Å². The predicted octanol–water partition coefficient (Wildman–Crippen LogP) is 5.69. The van der Waals surface area contributed by atoms with Crippen LogP contribution in [0.5, 0.6) is 23.0 Å². The van der Waals surface area contributed by atoms with Crippen LogP contribution >= 0.6 is 11.6 Å². The number of hydrogen-bond acceptors (Lipinski definition) is 6.